The molecule has 6 rings (SSSR count). The highest BCUT2D eigenvalue weighted by atomic mass is 19.2. The lowest BCUT2D eigenvalue weighted by Crippen LogP contribution is -2.71. The molecule has 2 aliphatic heterocycles. The van der Waals surface area contributed by atoms with E-state index in [0.29, 0.717) is 19.3 Å². The number of ether oxygens (including phenoxy) is 2. The van der Waals surface area contributed by atoms with E-state index in [1.165, 1.54) is 18.9 Å². The number of amides is 1. The normalized spacial score (nSPS) is 21.7. The van der Waals surface area contributed by atoms with Gasteiger partial charge in [-0.2, -0.15) is 4.39 Å². The summed E-state index contributed by atoms with van der Waals surface area (Å²) < 4.78 is 54.0. The van der Waals surface area contributed by atoms with Gasteiger partial charge in [0.25, 0.3) is 5.91 Å². The van der Waals surface area contributed by atoms with Crippen molar-refractivity contribution < 1.29 is 32.2 Å². The fraction of sp³-hybridized carbons (Fsp3) is 0.290. The first-order valence-corrected chi connectivity index (χ1v) is 13.1. The van der Waals surface area contributed by atoms with E-state index in [9.17, 15) is 22.8 Å². The van der Waals surface area contributed by atoms with Crippen molar-refractivity contribution in [3.05, 3.63) is 100 Å². The van der Waals surface area contributed by atoms with Crippen LogP contribution in [0.15, 0.2) is 60.7 Å². The average molecular weight is 549 g/mol. The number of aromatic amines is 1. The Kier molecular flexibility index (Phi) is 6.12. The van der Waals surface area contributed by atoms with Crippen LogP contribution >= 0.6 is 0 Å². The zero-order valence-electron chi connectivity index (χ0n) is 22.0. The van der Waals surface area contributed by atoms with Crippen molar-refractivity contribution in [1.29, 1.82) is 0 Å². The molecule has 2 atom stereocenters. The van der Waals surface area contributed by atoms with Crippen molar-refractivity contribution >= 4 is 22.8 Å². The number of esters is 1. The molecule has 6 nitrogen and oxygen atoms in total. The quantitative estimate of drug-likeness (QED) is 0.257. The lowest BCUT2D eigenvalue weighted by molar-refractivity contribution is -0.178. The van der Waals surface area contributed by atoms with Crippen molar-refractivity contribution in [2.75, 3.05) is 13.7 Å². The number of halogens is 3. The number of fused-ring (bicyclic) bond motifs is 6. The molecule has 0 spiro atoms. The fourth-order valence-corrected chi connectivity index (χ4v) is 6.72. The molecule has 9 heteroatoms. The van der Waals surface area contributed by atoms with E-state index in [-0.39, 0.29) is 12.0 Å². The minimum atomic E-state index is -1.52. The number of benzene rings is 3. The fourth-order valence-electron chi connectivity index (χ4n) is 6.72. The van der Waals surface area contributed by atoms with E-state index >= 15 is 0 Å². The van der Waals surface area contributed by atoms with E-state index < -0.39 is 52.8 Å². The molecule has 2 bridgehead atoms. The third-order valence-corrected chi connectivity index (χ3v) is 8.34. The van der Waals surface area contributed by atoms with Gasteiger partial charge in [0.1, 0.15) is 11.1 Å². The van der Waals surface area contributed by atoms with Crippen molar-refractivity contribution in [2.24, 2.45) is 0 Å². The lowest BCUT2D eigenvalue weighted by Gasteiger charge is -2.59. The number of nitrogens with one attached hydrogen (secondary N) is 1. The van der Waals surface area contributed by atoms with Gasteiger partial charge in [-0.3, -0.25) is 4.79 Å². The molecule has 1 fully saturated rings. The van der Waals surface area contributed by atoms with Gasteiger partial charge in [-0.1, -0.05) is 48.5 Å². The van der Waals surface area contributed by atoms with Crippen LogP contribution in [0, 0.1) is 24.4 Å². The van der Waals surface area contributed by atoms with Gasteiger partial charge in [-0.05, 0) is 55.0 Å². The summed E-state index contributed by atoms with van der Waals surface area (Å²) in [5, 5.41) is 0.940. The Morgan fingerprint density at radius 2 is 1.73 bits per heavy atom. The van der Waals surface area contributed by atoms with Gasteiger partial charge in [0.2, 0.25) is 5.82 Å². The van der Waals surface area contributed by atoms with Crippen LogP contribution in [-0.2, 0) is 26.3 Å². The maximum atomic E-state index is 14.7. The number of piperidine rings is 1. The minimum Gasteiger partial charge on any atom is -0.478 e. The Morgan fingerprint density at radius 1 is 1.00 bits per heavy atom. The van der Waals surface area contributed by atoms with Crippen LogP contribution in [0.4, 0.5) is 13.2 Å². The molecule has 1 saturated heterocycles. The van der Waals surface area contributed by atoms with E-state index in [2.05, 4.69) is 4.98 Å². The number of carbonyl (C=O) groups excluding carboxylic acids is 2. The average Bonchev–Trinajstić information content (AvgIpc) is 3.34. The molecule has 4 aromatic rings. The van der Waals surface area contributed by atoms with Crippen LogP contribution in [0.2, 0.25) is 0 Å². The summed E-state index contributed by atoms with van der Waals surface area (Å²) >= 11 is 0. The summed E-state index contributed by atoms with van der Waals surface area (Å²) in [7, 11) is 1.28. The van der Waals surface area contributed by atoms with Gasteiger partial charge in [0.15, 0.2) is 24.0 Å². The highest BCUT2D eigenvalue weighted by Gasteiger charge is 2.64. The molecule has 1 amide bonds. The molecule has 1 aromatic heterocycles. The van der Waals surface area contributed by atoms with Gasteiger partial charge in [0, 0.05) is 17.3 Å². The molecular formula is C31H27F3N2O4. The number of para-hydroxylation sites is 1. The summed E-state index contributed by atoms with van der Waals surface area (Å²) in [6.45, 7) is 0.454. The zero-order chi connectivity index (χ0) is 28.2. The molecule has 1 N–H and O–H groups in total. The van der Waals surface area contributed by atoms with Gasteiger partial charge >= 0.3 is 5.97 Å². The van der Waals surface area contributed by atoms with Crippen LogP contribution in [0.3, 0.4) is 0 Å². The van der Waals surface area contributed by atoms with Crippen LogP contribution in [-0.4, -0.2) is 41.0 Å². The summed E-state index contributed by atoms with van der Waals surface area (Å²) in [6, 6.07) is 17.8. The number of carbonyl (C=O) groups is 2. The summed E-state index contributed by atoms with van der Waals surface area (Å²) in [5.41, 5.74) is 0.608. The Balaban J connectivity index is 1.55. The Hall–Kier alpha value is -4.27. The van der Waals surface area contributed by atoms with Crippen LogP contribution in [0.1, 0.15) is 41.6 Å². The first kappa shape index (κ1) is 26.0. The van der Waals surface area contributed by atoms with Crippen LogP contribution in [0.25, 0.3) is 10.9 Å². The predicted molar refractivity (Wildman–Crippen MR) is 141 cm³/mol. The number of aryl methyl sites for hydroxylation is 1. The van der Waals surface area contributed by atoms with Gasteiger partial charge in [0.05, 0.1) is 12.8 Å². The topological polar surface area (TPSA) is 71.6 Å². The maximum Gasteiger partial charge on any atom is 0.332 e. The number of aromatic nitrogens is 1. The Morgan fingerprint density at radius 3 is 2.48 bits per heavy atom. The molecule has 0 radical (unpaired) electrons. The van der Waals surface area contributed by atoms with Crippen molar-refractivity contribution in [3.63, 3.8) is 0 Å². The molecule has 3 heterocycles. The number of rotatable bonds is 5. The van der Waals surface area contributed by atoms with Gasteiger partial charge in [-0.25, -0.2) is 13.6 Å². The van der Waals surface area contributed by atoms with E-state index in [1.807, 2.05) is 54.6 Å². The second-order valence-electron chi connectivity index (χ2n) is 10.5. The number of methoxy groups -OCH3 is 1. The third-order valence-electron chi connectivity index (χ3n) is 8.34. The number of nitrogens with zero attached hydrogens (tertiary/aromatic N) is 1. The predicted octanol–water partition coefficient (Wildman–Crippen LogP) is 5.70. The Labute approximate surface area is 228 Å². The molecule has 3 aromatic carbocycles. The summed E-state index contributed by atoms with van der Waals surface area (Å²) in [6.07, 6.45) is 1.58. The monoisotopic (exact) mass is 548 g/mol. The zero-order valence-corrected chi connectivity index (χ0v) is 22.0. The smallest absolute Gasteiger partial charge is 0.332 e. The first-order valence-electron chi connectivity index (χ1n) is 13.1. The molecule has 40 heavy (non-hydrogen) atoms. The van der Waals surface area contributed by atoms with E-state index in [4.69, 9.17) is 9.47 Å². The third kappa shape index (κ3) is 3.56. The molecular weight excluding hydrogens is 521 g/mol. The van der Waals surface area contributed by atoms with Gasteiger partial charge < -0.3 is 19.4 Å². The van der Waals surface area contributed by atoms with Crippen molar-refractivity contribution in [3.8, 4) is 5.75 Å². The van der Waals surface area contributed by atoms with Crippen molar-refractivity contribution in [2.45, 2.75) is 43.7 Å². The Bertz CT molecular complexity index is 1630. The summed E-state index contributed by atoms with van der Waals surface area (Å²) in [4.78, 5) is 32.9. The second kappa shape index (κ2) is 9.43. The van der Waals surface area contributed by atoms with Crippen LogP contribution < -0.4 is 4.74 Å². The van der Waals surface area contributed by atoms with E-state index in [1.54, 1.807) is 0 Å². The molecule has 206 valence electrons. The lowest BCUT2D eigenvalue weighted by atomic mass is 9.64. The molecule has 2 aliphatic rings. The summed E-state index contributed by atoms with van der Waals surface area (Å²) in [5.74, 6) is -6.14. The second-order valence-corrected chi connectivity index (χ2v) is 10.5. The first-order chi connectivity index (χ1) is 19.2. The van der Waals surface area contributed by atoms with Gasteiger partial charge in [-0.15, -0.1) is 0 Å². The molecule has 0 aliphatic carbocycles. The SMILES string of the molecule is COC(=O)[C@@]12CCCC(c3ccccc3)(c3[nH]c4ccccc4c3C1)N2C(=O)COc1c(F)c(C)cc(F)c1F. The molecule has 0 saturated carbocycles. The van der Waals surface area contributed by atoms with Crippen molar-refractivity contribution in [1.82, 2.24) is 9.88 Å². The highest BCUT2D eigenvalue weighted by Crippen LogP contribution is 2.56. The number of hydrogen-bond acceptors (Lipinski definition) is 4. The molecule has 1 unspecified atom stereocenters. The highest BCUT2D eigenvalue weighted by molar-refractivity contribution is 5.95. The minimum absolute atomic E-state index is 0.161. The van der Waals surface area contributed by atoms with Crippen LogP contribution in [0.5, 0.6) is 5.75 Å². The van der Waals surface area contributed by atoms with E-state index in [0.717, 1.165) is 33.8 Å². The largest absolute Gasteiger partial charge is 0.478 e. The number of hydrogen-bond donors (Lipinski definition) is 1. The number of H-pyrrole nitrogens is 1. The maximum absolute atomic E-state index is 14.7. The standard InChI is InChI=1S/C31H27F3N2O4/c1-18-15-22(32)26(34)27(25(18)33)40-17-24(37)36-30(29(38)39-2)13-8-14-31(36,19-9-4-3-5-10-19)28-21(16-30)20-11-6-7-12-23(20)35-28/h3-7,9-12,15,35H,8,13-14,16-17H2,1-2H3/t30-,31?/m1/s1.